The molecule has 1 aliphatic carbocycles. The highest BCUT2D eigenvalue weighted by Crippen LogP contribution is 2.32. The number of hydrogen-bond acceptors (Lipinski definition) is 6. The van der Waals surface area contributed by atoms with E-state index in [4.69, 9.17) is 10.2 Å². The summed E-state index contributed by atoms with van der Waals surface area (Å²) in [6, 6.07) is 3.74. The molecule has 0 saturated carbocycles. The molecule has 2 aliphatic rings. The Labute approximate surface area is 145 Å². The lowest BCUT2D eigenvalue weighted by Crippen LogP contribution is -2.39. The van der Waals surface area contributed by atoms with Gasteiger partial charge in [0.15, 0.2) is 5.78 Å². The van der Waals surface area contributed by atoms with Crippen molar-refractivity contribution in [2.24, 2.45) is 11.7 Å². The summed E-state index contributed by atoms with van der Waals surface area (Å²) >= 11 is 0. The van der Waals surface area contributed by atoms with Gasteiger partial charge < -0.3 is 15.1 Å². The maximum Gasteiger partial charge on any atom is 0.225 e. The van der Waals surface area contributed by atoms with E-state index < -0.39 is 0 Å². The molecule has 1 amide bonds. The van der Waals surface area contributed by atoms with E-state index in [2.05, 4.69) is 14.9 Å². The fourth-order valence-electron chi connectivity index (χ4n) is 3.68. The Morgan fingerprint density at radius 3 is 2.76 bits per heavy atom. The van der Waals surface area contributed by atoms with Crippen LogP contribution in [0.25, 0.3) is 0 Å². The molecule has 1 fully saturated rings. The molecule has 2 aromatic heterocycles. The van der Waals surface area contributed by atoms with E-state index in [0.29, 0.717) is 50.3 Å². The van der Waals surface area contributed by atoms with E-state index in [-0.39, 0.29) is 23.5 Å². The number of carbonyl (C=O) groups excluding carboxylic acids is 2. The Morgan fingerprint density at radius 1 is 1.28 bits per heavy atom. The van der Waals surface area contributed by atoms with Crippen LogP contribution >= 0.6 is 0 Å². The Hall–Kier alpha value is -2.70. The number of nitrogens with zero attached hydrogens (tertiary/aromatic N) is 3. The van der Waals surface area contributed by atoms with Crippen molar-refractivity contribution in [3.8, 4) is 0 Å². The van der Waals surface area contributed by atoms with Gasteiger partial charge in [-0.25, -0.2) is 9.97 Å². The molecule has 0 bridgehead atoms. The first-order valence-electron chi connectivity index (χ1n) is 8.58. The lowest BCUT2D eigenvalue weighted by atomic mass is 9.85. The number of ketones is 1. The number of amides is 1. The first-order valence-corrected chi connectivity index (χ1v) is 8.58. The minimum Gasteiger partial charge on any atom is -0.469 e. The molecule has 4 rings (SSSR count). The van der Waals surface area contributed by atoms with Crippen LogP contribution in [-0.4, -0.2) is 34.7 Å². The van der Waals surface area contributed by atoms with E-state index in [9.17, 15) is 9.59 Å². The van der Waals surface area contributed by atoms with Crippen molar-refractivity contribution < 1.29 is 14.0 Å². The molecular formula is C18H20N4O3. The van der Waals surface area contributed by atoms with Crippen molar-refractivity contribution in [2.45, 2.75) is 31.6 Å². The molecule has 0 spiro atoms. The highest BCUT2D eigenvalue weighted by atomic mass is 16.3. The Bertz CT molecular complexity index is 795. The molecule has 2 aromatic rings. The quantitative estimate of drug-likeness (QED) is 0.912. The molecule has 1 aliphatic heterocycles. The minimum absolute atomic E-state index is 0.0262. The van der Waals surface area contributed by atoms with Crippen molar-refractivity contribution in [1.29, 1.82) is 0 Å². The molecular weight excluding hydrogens is 320 g/mol. The van der Waals surface area contributed by atoms with Crippen LogP contribution in [-0.2, 0) is 11.2 Å². The van der Waals surface area contributed by atoms with E-state index in [0.717, 1.165) is 11.5 Å². The summed E-state index contributed by atoms with van der Waals surface area (Å²) in [5.74, 6) is 1.22. The molecule has 0 radical (unpaired) electrons. The van der Waals surface area contributed by atoms with Crippen molar-refractivity contribution in [2.75, 3.05) is 18.0 Å². The Morgan fingerprint density at radius 2 is 2.08 bits per heavy atom. The third-order valence-electron chi connectivity index (χ3n) is 5.15. The predicted molar refractivity (Wildman–Crippen MR) is 90.3 cm³/mol. The maximum absolute atomic E-state index is 12.4. The smallest absolute Gasteiger partial charge is 0.225 e. The number of anilines is 1. The van der Waals surface area contributed by atoms with Gasteiger partial charge in [-0.05, 0) is 25.0 Å². The SMILES string of the molecule is NC(=O)C1CCN(c2ncc3c(n2)CC(c2ccco2)CC3=O)CC1. The third-order valence-corrected chi connectivity index (χ3v) is 5.15. The summed E-state index contributed by atoms with van der Waals surface area (Å²) < 4.78 is 5.47. The number of rotatable bonds is 3. The first-order chi connectivity index (χ1) is 12.1. The number of aromatic nitrogens is 2. The molecule has 2 N–H and O–H groups in total. The van der Waals surface area contributed by atoms with Gasteiger partial charge in [-0.15, -0.1) is 0 Å². The number of fused-ring (bicyclic) bond motifs is 1. The van der Waals surface area contributed by atoms with Crippen molar-refractivity contribution in [3.05, 3.63) is 41.6 Å². The predicted octanol–water partition coefficient (Wildman–Crippen LogP) is 1.68. The number of piperidine rings is 1. The zero-order valence-electron chi connectivity index (χ0n) is 13.9. The number of hydrogen-bond donors (Lipinski definition) is 1. The van der Waals surface area contributed by atoms with E-state index in [1.807, 2.05) is 12.1 Å². The van der Waals surface area contributed by atoms with Crippen LogP contribution in [0.2, 0.25) is 0 Å². The summed E-state index contributed by atoms with van der Waals surface area (Å²) in [5.41, 5.74) is 6.77. The largest absolute Gasteiger partial charge is 0.469 e. The first kappa shape index (κ1) is 15.8. The summed E-state index contributed by atoms with van der Waals surface area (Å²) in [6.45, 7) is 1.39. The van der Waals surface area contributed by atoms with Gasteiger partial charge in [0.05, 0.1) is 17.5 Å². The number of carbonyl (C=O) groups is 2. The summed E-state index contributed by atoms with van der Waals surface area (Å²) in [5, 5.41) is 0. The Kier molecular flexibility index (Phi) is 3.99. The number of Topliss-reactive ketones (excluding diaryl/α,β-unsaturated/α-hetero) is 1. The maximum atomic E-state index is 12.4. The molecule has 130 valence electrons. The normalized spacial score (nSPS) is 21.2. The molecule has 3 heterocycles. The average Bonchev–Trinajstić information content (AvgIpc) is 3.16. The molecule has 1 unspecified atom stereocenters. The van der Waals surface area contributed by atoms with Gasteiger partial charge in [0.1, 0.15) is 5.76 Å². The summed E-state index contributed by atoms with van der Waals surface area (Å²) in [7, 11) is 0. The zero-order chi connectivity index (χ0) is 17.4. The van der Waals surface area contributed by atoms with E-state index >= 15 is 0 Å². The number of nitrogens with two attached hydrogens (primary N) is 1. The number of furan rings is 1. The van der Waals surface area contributed by atoms with Gasteiger partial charge in [0.2, 0.25) is 11.9 Å². The van der Waals surface area contributed by atoms with Crippen LogP contribution in [0.5, 0.6) is 0 Å². The van der Waals surface area contributed by atoms with Crippen LogP contribution in [0.4, 0.5) is 5.95 Å². The third kappa shape index (κ3) is 3.01. The number of primary amides is 1. The molecule has 0 aromatic carbocycles. The fourth-order valence-corrected chi connectivity index (χ4v) is 3.68. The highest BCUT2D eigenvalue weighted by molar-refractivity contribution is 5.98. The molecule has 1 saturated heterocycles. The standard InChI is InChI=1S/C18H20N4O3/c19-17(24)11-3-5-22(6-4-11)18-20-10-13-14(21-18)8-12(9-15(13)23)16-2-1-7-25-16/h1-2,7,10-12H,3-6,8-9H2,(H2,19,24). The van der Waals surface area contributed by atoms with E-state index in [1.54, 1.807) is 12.5 Å². The molecule has 7 heteroatoms. The van der Waals surface area contributed by atoms with Gasteiger partial charge in [0, 0.05) is 44.0 Å². The lowest BCUT2D eigenvalue weighted by Gasteiger charge is -2.31. The molecule has 25 heavy (non-hydrogen) atoms. The van der Waals surface area contributed by atoms with Crippen LogP contribution < -0.4 is 10.6 Å². The van der Waals surface area contributed by atoms with Crippen LogP contribution in [0.15, 0.2) is 29.0 Å². The average molecular weight is 340 g/mol. The van der Waals surface area contributed by atoms with Crippen LogP contribution in [0.3, 0.4) is 0 Å². The Balaban J connectivity index is 1.55. The van der Waals surface area contributed by atoms with Crippen molar-refractivity contribution >= 4 is 17.6 Å². The van der Waals surface area contributed by atoms with Gasteiger partial charge in [0.25, 0.3) is 0 Å². The van der Waals surface area contributed by atoms with Crippen molar-refractivity contribution in [3.63, 3.8) is 0 Å². The van der Waals surface area contributed by atoms with Gasteiger partial charge in [-0.3, -0.25) is 9.59 Å². The van der Waals surface area contributed by atoms with Crippen LogP contribution in [0, 0.1) is 5.92 Å². The summed E-state index contributed by atoms with van der Waals surface area (Å²) in [6.07, 6.45) is 5.78. The van der Waals surface area contributed by atoms with Gasteiger partial charge >= 0.3 is 0 Å². The minimum atomic E-state index is -0.238. The second-order valence-electron chi connectivity index (χ2n) is 6.74. The lowest BCUT2D eigenvalue weighted by molar-refractivity contribution is -0.122. The van der Waals surface area contributed by atoms with Gasteiger partial charge in [-0.2, -0.15) is 0 Å². The van der Waals surface area contributed by atoms with Gasteiger partial charge in [-0.1, -0.05) is 0 Å². The second kappa shape index (κ2) is 6.31. The topological polar surface area (TPSA) is 102 Å². The summed E-state index contributed by atoms with van der Waals surface area (Å²) in [4.78, 5) is 34.8. The monoisotopic (exact) mass is 340 g/mol. The highest BCUT2D eigenvalue weighted by Gasteiger charge is 2.31. The van der Waals surface area contributed by atoms with Crippen LogP contribution in [0.1, 0.15) is 47.0 Å². The molecule has 7 nitrogen and oxygen atoms in total. The van der Waals surface area contributed by atoms with Crippen molar-refractivity contribution in [1.82, 2.24) is 9.97 Å². The fraction of sp³-hybridized carbons (Fsp3) is 0.444. The zero-order valence-corrected chi connectivity index (χ0v) is 13.9. The van der Waals surface area contributed by atoms with E-state index in [1.165, 1.54) is 0 Å². The molecule has 1 atom stereocenters. The second-order valence-corrected chi connectivity index (χ2v) is 6.74.